The first kappa shape index (κ1) is 14.7. The summed E-state index contributed by atoms with van der Waals surface area (Å²) in [6, 6.07) is 5.38. The van der Waals surface area contributed by atoms with Crippen LogP contribution < -0.4 is 0 Å². The first-order valence-corrected chi connectivity index (χ1v) is 5.73. The maximum absolute atomic E-state index is 10.9. The second kappa shape index (κ2) is 6.55. The standard InChI is InChI=1S/C14H15NO4/c1-9-4-12(6-15)5-13(7-18-10(2)16)14(9)8-19-11(3)17/h4-5H,7-8H2,1-3H3. The van der Waals surface area contributed by atoms with E-state index in [1.165, 1.54) is 13.8 Å². The number of hydrogen-bond acceptors (Lipinski definition) is 5. The molecule has 0 heterocycles. The molecular formula is C14H15NO4. The Labute approximate surface area is 111 Å². The predicted octanol–water partition coefficient (Wildman–Crippen LogP) is 1.99. The molecule has 0 aliphatic carbocycles. The van der Waals surface area contributed by atoms with Crippen LogP contribution in [0.5, 0.6) is 0 Å². The average molecular weight is 261 g/mol. The van der Waals surface area contributed by atoms with Gasteiger partial charge in [-0.2, -0.15) is 5.26 Å². The third-order valence-electron chi connectivity index (χ3n) is 2.55. The third-order valence-corrected chi connectivity index (χ3v) is 2.55. The van der Waals surface area contributed by atoms with E-state index in [0.717, 1.165) is 11.1 Å². The fraction of sp³-hybridized carbons (Fsp3) is 0.357. The predicted molar refractivity (Wildman–Crippen MR) is 66.8 cm³/mol. The van der Waals surface area contributed by atoms with Crippen LogP contribution >= 0.6 is 0 Å². The Morgan fingerprint density at radius 2 is 1.74 bits per heavy atom. The fourth-order valence-corrected chi connectivity index (χ4v) is 1.64. The highest BCUT2D eigenvalue weighted by atomic mass is 16.5. The van der Waals surface area contributed by atoms with Gasteiger partial charge in [-0.05, 0) is 35.7 Å². The highest BCUT2D eigenvalue weighted by Crippen LogP contribution is 2.19. The van der Waals surface area contributed by atoms with Gasteiger partial charge in [0.2, 0.25) is 0 Å². The van der Waals surface area contributed by atoms with E-state index in [1.54, 1.807) is 12.1 Å². The van der Waals surface area contributed by atoms with E-state index in [4.69, 9.17) is 14.7 Å². The van der Waals surface area contributed by atoms with Crippen molar-refractivity contribution in [3.63, 3.8) is 0 Å². The molecule has 1 aromatic rings. The van der Waals surface area contributed by atoms with E-state index >= 15 is 0 Å². The molecule has 19 heavy (non-hydrogen) atoms. The second-order valence-electron chi connectivity index (χ2n) is 4.10. The fourth-order valence-electron chi connectivity index (χ4n) is 1.64. The summed E-state index contributed by atoms with van der Waals surface area (Å²) in [6.45, 7) is 4.61. The number of rotatable bonds is 4. The molecule has 0 aliphatic rings. The van der Waals surface area contributed by atoms with Crippen LogP contribution in [-0.2, 0) is 32.3 Å². The molecule has 0 spiro atoms. The third kappa shape index (κ3) is 4.43. The topological polar surface area (TPSA) is 76.4 Å². The van der Waals surface area contributed by atoms with Crippen molar-refractivity contribution in [1.82, 2.24) is 0 Å². The molecule has 1 rings (SSSR count). The van der Waals surface area contributed by atoms with Crippen LogP contribution in [0.25, 0.3) is 0 Å². The number of benzene rings is 1. The zero-order valence-corrected chi connectivity index (χ0v) is 11.1. The molecule has 0 saturated heterocycles. The van der Waals surface area contributed by atoms with Gasteiger partial charge in [0.1, 0.15) is 13.2 Å². The Hall–Kier alpha value is -2.35. The Morgan fingerprint density at radius 3 is 2.26 bits per heavy atom. The first-order chi connectivity index (χ1) is 8.93. The lowest BCUT2D eigenvalue weighted by Gasteiger charge is -2.13. The lowest BCUT2D eigenvalue weighted by atomic mass is 9.99. The molecular weight excluding hydrogens is 246 g/mol. The number of esters is 2. The molecule has 0 N–H and O–H groups in total. The molecule has 0 bridgehead atoms. The van der Waals surface area contributed by atoms with Gasteiger partial charge in [0.25, 0.3) is 0 Å². The zero-order chi connectivity index (χ0) is 14.4. The Bertz CT molecular complexity index is 543. The van der Waals surface area contributed by atoms with Crippen molar-refractivity contribution in [3.8, 4) is 6.07 Å². The number of nitrogens with zero attached hydrogens (tertiary/aromatic N) is 1. The number of ether oxygens (including phenoxy) is 2. The van der Waals surface area contributed by atoms with E-state index < -0.39 is 5.97 Å². The minimum Gasteiger partial charge on any atom is -0.461 e. The van der Waals surface area contributed by atoms with E-state index in [0.29, 0.717) is 11.1 Å². The number of nitriles is 1. The van der Waals surface area contributed by atoms with Gasteiger partial charge in [0.05, 0.1) is 11.6 Å². The average Bonchev–Trinajstić information content (AvgIpc) is 2.34. The van der Waals surface area contributed by atoms with E-state index in [-0.39, 0.29) is 19.2 Å². The molecule has 100 valence electrons. The van der Waals surface area contributed by atoms with Gasteiger partial charge in [0.15, 0.2) is 0 Å². The van der Waals surface area contributed by atoms with Gasteiger partial charge in [-0.3, -0.25) is 9.59 Å². The maximum Gasteiger partial charge on any atom is 0.302 e. The van der Waals surface area contributed by atoms with E-state index in [9.17, 15) is 9.59 Å². The van der Waals surface area contributed by atoms with Crippen molar-refractivity contribution in [2.45, 2.75) is 34.0 Å². The summed E-state index contributed by atoms with van der Waals surface area (Å²) in [7, 11) is 0. The van der Waals surface area contributed by atoms with Crippen LogP contribution in [0.2, 0.25) is 0 Å². The maximum atomic E-state index is 10.9. The summed E-state index contributed by atoms with van der Waals surface area (Å²) < 4.78 is 9.91. The molecule has 0 fully saturated rings. The number of carbonyl (C=O) groups is 2. The normalized spacial score (nSPS) is 9.58. The van der Waals surface area contributed by atoms with Gasteiger partial charge in [-0.25, -0.2) is 0 Å². The van der Waals surface area contributed by atoms with Gasteiger partial charge < -0.3 is 9.47 Å². The summed E-state index contributed by atoms with van der Waals surface area (Å²) in [5.41, 5.74) is 2.73. The van der Waals surface area contributed by atoms with Crippen LogP contribution in [0, 0.1) is 18.3 Å². The zero-order valence-electron chi connectivity index (χ0n) is 11.1. The molecule has 5 heteroatoms. The number of carbonyl (C=O) groups excluding carboxylic acids is 2. The molecule has 0 atom stereocenters. The second-order valence-corrected chi connectivity index (χ2v) is 4.10. The first-order valence-electron chi connectivity index (χ1n) is 5.73. The molecule has 0 saturated carbocycles. The van der Waals surface area contributed by atoms with Crippen molar-refractivity contribution < 1.29 is 19.1 Å². The molecule has 0 unspecified atom stereocenters. The van der Waals surface area contributed by atoms with Gasteiger partial charge in [-0.15, -0.1) is 0 Å². The molecule has 0 radical (unpaired) electrons. The number of hydrogen-bond donors (Lipinski definition) is 0. The van der Waals surface area contributed by atoms with Gasteiger partial charge in [0, 0.05) is 13.8 Å². The smallest absolute Gasteiger partial charge is 0.302 e. The summed E-state index contributed by atoms with van der Waals surface area (Å²) in [5, 5.41) is 8.93. The van der Waals surface area contributed by atoms with Crippen LogP contribution in [0.15, 0.2) is 12.1 Å². The van der Waals surface area contributed by atoms with Crippen molar-refractivity contribution in [2.75, 3.05) is 0 Å². The number of aryl methyl sites for hydroxylation is 1. The molecule has 0 aliphatic heterocycles. The van der Waals surface area contributed by atoms with Gasteiger partial charge in [-0.1, -0.05) is 0 Å². The molecule has 1 aromatic carbocycles. The monoisotopic (exact) mass is 261 g/mol. The minimum absolute atomic E-state index is 0.0578. The summed E-state index contributed by atoms with van der Waals surface area (Å²) in [6.07, 6.45) is 0. The summed E-state index contributed by atoms with van der Waals surface area (Å²) in [4.78, 5) is 21.7. The Balaban J connectivity index is 3.06. The van der Waals surface area contributed by atoms with Gasteiger partial charge >= 0.3 is 11.9 Å². The summed E-state index contributed by atoms with van der Waals surface area (Å²) in [5.74, 6) is -0.791. The van der Waals surface area contributed by atoms with E-state index in [1.807, 2.05) is 13.0 Å². The Morgan fingerprint density at radius 1 is 1.16 bits per heavy atom. The largest absolute Gasteiger partial charge is 0.461 e. The van der Waals surface area contributed by atoms with Crippen LogP contribution in [-0.4, -0.2) is 11.9 Å². The summed E-state index contributed by atoms with van der Waals surface area (Å²) >= 11 is 0. The van der Waals surface area contributed by atoms with Crippen LogP contribution in [0.4, 0.5) is 0 Å². The van der Waals surface area contributed by atoms with E-state index in [2.05, 4.69) is 0 Å². The molecule has 0 amide bonds. The SMILES string of the molecule is CC(=O)OCc1cc(C#N)cc(C)c1COC(C)=O. The molecule has 5 nitrogen and oxygen atoms in total. The van der Waals surface area contributed by atoms with Crippen molar-refractivity contribution in [2.24, 2.45) is 0 Å². The molecule has 0 aromatic heterocycles. The van der Waals surface area contributed by atoms with Crippen molar-refractivity contribution in [3.05, 3.63) is 34.4 Å². The highest BCUT2D eigenvalue weighted by molar-refractivity contribution is 5.66. The highest BCUT2D eigenvalue weighted by Gasteiger charge is 2.11. The lowest BCUT2D eigenvalue weighted by molar-refractivity contribution is -0.143. The lowest BCUT2D eigenvalue weighted by Crippen LogP contribution is -2.07. The van der Waals surface area contributed by atoms with Crippen LogP contribution in [0.1, 0.15) is 36.1 Å². The quantitative estimate of drug-likeness (QED) is 0.775. The van der Waals surface area contributed by atoms with Crippen molar-refractivity contribution >= 4 is 11.9 Å². The van der Waals surface area contributed by atoms with Crippen molar-refractivity contribution in [1.29, 1.82) is 5.26 Å². The minimum atomic E-state index is -0.404. The van der Waals surface area contributed by atoms with Crippen LogP contribution in [0.3, 0.4) is 0 Å². The Kier molecular flexibility index (Phi) is 5.07.